The van der Waals surface area contributed by atoms with Gasteiger partial charge in [0.2, 0.25) is 0 Å². The fourth-order valence-corrected chi connectivity index (χ4v) is 2.47. The molecule has 1 aromatic rings. The topological polar surface area (TPSA) is 93.8 Å². The fourth-order valence-electron chi connectivity index (χ4n) is 1.87. The Balaban J connectivity index is 2.90. The number of carbonyl (C=O) groups is 1. The number of hydrogen-bond donors (Lipinski definition) is 3. The Morgan fingerprint density at radius 3 is 2.68 bits per heavy atom. The molecule has 4 N–H and O–H groups in total. The molecule has 1 aromatic carbocycles. The molecule has 7 heteroatoms. The molecule has 0 radical (unpaired) electrons. The molecule has 0 aliphatic rings. The number of rotatable bonds is 10. The van der Waals surface area contributed by atoms with E-state index in [0.717, 1.165) is 12.0 Å². The first-order valence-corrected chi connectivity index (χ1v) is 8.01. The number of ether oxygens (including phenoxy) is 2. The van der Waals surface area contributed by atoms with Crippen molar-refractivity contribution >= 4 is 21.8 Å². The smallest absolute Gasteiger partial charge is 0.255 e. The van der Waals surface area contributed by atoms with E-state index in [0.29, 0.717) is 29.1 Å². The van der Waals surface area contributed by atoms with Crippen molar-refractivity contribution in [3.05, 3.63) is 22.2 Å². The lowest BCUT2D eigenvalue weighted by molar-refractivity contribution is -0.119. The molecule has 0 unspecified atom stereocenters. The van der Waals surface area contributed by atoms with Crippen molar-refractivity contribution in [1.29, 1.82) is 0 Å². The van der Waals surface area contributed by atoms with Crippen LogP contribution in [0.15, 0.2) is 16.6 Å². The number of aliphatic hydroxyl groups is 1. The van der Waals surface area contributed by atoms with E-state index in [-0.39, 0.29) is 19.3 Å². The summed E-state index contributed by atoms with van der Waals surface area (Å²) in [5.74, 6) is 0.458. The van der Waals surface area contributed by atoms with E-state index < -0.39 is 5.91 Å². The van der Waals surface area contributed by atoms with Crippen LogP contribution < -0.4 is 20.5 Å². The van der Waals surface area contributed by atoms with Crippen molar-refractivity contribution in [2.75, 3.05) is 19.8 Å². The molecular formula is C15H23BrN2O4. The molecule has 0 saturated carbocycles. The molecule has 0 aromatic heterocycles. The third-order valence-corrected chi connectivity index (χ3v) is 3.63. The Kier molecular flexibility index (Phi) is 8.22. The first-order valence-electron chi connectivity index (χ1n) is 7.22. The number of aliphatic hydroxyl groups excluding tert-OH is 1. The van der Waals surface area contributed by atoms with Crippen LogP contribution in [0, 0.1) is 0 Å². The number of halogens is 1. The number of nitrogens with two attached hydrogens (primary N) is 1. The summed E-state index contributed by atoms with van der Waals surface area (Å²) in [5.41, 5.74) is 6.08. The van der Waals surface area contributed by atoms with Crippen LogP contribution in [0.5, 0.6) is 11.5 Å². The van der Waals surface area contributed by atoms with Crippen LogP contribution >= 0.6 is 15.9 Å². The SMILES string of the molecule is CCOc1cc(CN[C@H](CC)CO)cc(Br)c1OCC(N)=O. The zero-order chi connectivity index (χ0) is 16.5. The summed E-state index contributed by atoms with van der Waals surface area (Å²) in [7, 11) is 0. The van der Waals surface area contributed by atoms with Crippen molar-refractivity contribution < 1.29 is 19.4 Å². The van der Waals surface area contributed by atoms with Crippen LogP contribution in [-0.4, -0.2) is 36.9 Å². The molecule has 22 heavy (non-hydrogen) atoms. The third-order valence-electron chi connectivity index (χ3n) is 3.04. The molecule has 0 saturated heterocycles. The summed E-state index contributed by atoms with van der Waals surface area (Å²) >= 11 is 3.43. The molecule has 1 amide bonds. The standard InChI is InChI=1S/C15H23BrN2O4/c1-3-11(8-19)18-7-10-5-12(16)15(22-9-14(17)20)13(6-10)21-4-2/h5-6,11,18-19H,3-4,7-9H2,1-2H3,(H2,17,20)/t11-/m1/s1. The Labute approximate surface area is 139 Å². The van der Waals surface area contributed by atoms with Gasteiger partial charge in [-0.05, 0) is 47.0 Å². The molecule has 0 aliphatic carbocycles. The number of primary amides is 1. The van der Waals surface area contributed by atoms with Crippen LogP contribution in [0.2, 0.25) is 0 Å². The van der Waals surface area contributed by atoms with Gasteiger partial charge in [0, 0.05) is 12.6 Å². The predicted molar refractivity (Wildman–Crippen MR) is 88.0 cm³/mol. The van der Waals surface area contributed by atoms with Gasteiger partial charge in [-0.3, -0.25) is 4.79 Å². The summed E-state index contributed by atoms with van der Waals surface area (Å²) < 4.78 is 11.7. The quantitative estimate of drug-likeness (QED) is 0.577. The highest BCUT2D eigenvalue weighted by Gasteiger charge is 2.14. The van der Waals surface area contributed by atoms with Crippen LogP contribution in [0.25, 0.3) is 0 Å². The van der Waals surface area contributed by atoms with E-state index in [1.54, 1.807) is 0 Å². The molecule has 0 bridgehead atoms. The van der Waals surface area contributed by atoms with Gasteiger partial charge in [0.25, 0.3) is 5.91 Å². The van der Waals surface area contributed by atoms with Gasteiger partial charge in [-0.25, -0.2) is 0 Å². The van der Waals surface area contributed by atoms with E-state index >= 15 is 0 Å². The van der Waals surface area contributed by atoms with Gasteiger partial charge in [-0.1, -0.05) is 6.92 Å². The molecule has 0 heterocycles. The van der Waals surface area contributed by atoms with Crippen LogP contribution in [-0.2, 0) is 11.3 Å². The first-order chi connectivity index (χ1) is 10.5. The van der Waals surface area contributed by atoms with E-state index in [4.69, 9.17) is 15.2 Å². The molecule has 0 fully saturated rings. The minimum absolute atomic E-state index is 0.0557. The number of amides is 1. The van der Waals surface area contributed by atoms with E-state index in [1.807, 2.05) is 26.0 Å². The van der Waals surface area contributed by atoms with Gasteiger partial charge in [-0.2, -0.15) is 0 Å². The summed E-state index contributed by atoms with van der Waals surface area (Å²) in [6.45, 7) is 4.83. The molecule has 0 aliphatic heterocycles. The van der Waals surface area contributed by atoms with Crippen molar-refractivity contribution in [1.82, 2.24) is 5.32 Å². The van der Waals surface area contributed by atoms with Gasteiger partial charge in [-0.15, -0.1) is 0 Å². The van der Waals surface area contributed by atoms with Gasteiger partial charge in [0.05, 0.1) is 17.7 Å². The van der Waals surface area contributed by atoms with E-state index in [2.05, 4.69) is 21.2 Å². The second-order valence-electron chi connectivity index (χ2n) is 4.76. The second-order valence-corrected chi connectivity index (χ2v) is 5.62. The molecule has 0 spiro atoms. The fraction of sp³-hybridized carbons (Fsp3) is 0.533. The second kappa shape index (κ2) is 9.66. The lowest BCUT2D eigenvalue weighted by Crippen LogP contribution is -2.31. The average Bonchev–Trinajstić information content (AvgIpc) is 2.47. The lowest BCUT2D eigenvalue weighted by atomic mass is 10.1. The molecule has 1 rings (SSSR count). The highest BCUT2D eigenvalue weighted by Crippen LogP contribution is 2.37. The Hall–Kier alpha value is -1.31. The minimum atomic E-state index is -0.547. The van der Waals surface area contributed by atoms with Crippen molar-refractivity contribution in [2.45, 2.75) is 32.9 Å². The highest BCUT2D eigenvalue weighted by molar-refractivity contribution is 9.10. The normalized spacial score (nSPS) is 12.0. The molecule has 6 nitrogen and oxygen atoms in total. The average molecular weight is 375 g/mol. The van der Waals surface area contributed by atoms with Gasteiger partial charge >= 0.3 is 0 Å². The highest BCUT2D eigenvalue weighted by atomic mass is 79.9. The zero-order valence-corrected chi connectivity index (χ0v) is 14.5. The number of benzene rings is 1. The van der Waals surface area contributed by atoms with Crippen LogP contribution in [0.3, 0.4) is 0 Å². The summed E-state index contributed by atoms with van der Waals surface area (Å²) in [4.78, 5) is 10.9. The lowest BCUT2D eigenvalue weighted by Gasteiger charge is -2.17. The number of nitrogens with one attached hydrogen (secondary N) is 1. The first kappa shape index (κ1) is 18.7. The number of hydrogen-bond acceptors (Lipinski definition) is 5. The third kappa shape index (κ3) is 5.82. The van der Waals surface area contributed by atoms with Crippen LogP contribution in [0.4, 0.5) is 0 Å². The summed E-state index contributed by atoms with van der Waals surface area (Å²) in [6.07, 6.45) is 0.843. The summed E-state index contributed by atoms with van der Waals surface area (Å²) in [6, 6.07) is 3.79. The van der Waals surface area contributed by atoms with E-state index in [9.17, 15) is 9.90 Å². The zero-order valence-electron chi connectivity index (χ0n) is 12.9. The van der Waals surface area contributed by atoms with Crippen molar-refractivity contribution in [3.63, 3.8) is 0 Å². The van der Waals surface area contributed by atoms with E-state index in [1.165, 1.54) is 0 Å². The monoisotopic (exact) mass is 374 g/mol. The van der Waals surface area contributed by atoms with Crippen molar-refractivity contribution in [3.8, 4) is 11.5 Å². The largest absolute Gasteiger partial charge is 0.490 e. The maximum Gasteiger partial charge on any atom is 0.255 e. The van der Waals surface area contributed by atoms with Gasteiger partial charge in [0.1, 0.15) is 0 Å². The molecule has 124 valence electrons. The Bertz CT molecular complexity index is 493. The van der Waals surface area contributed by atoms with Gasteiger partial charge < -0.3 is 25.6 Å². The minimum Gasteiger partial charge on any atom is -0.490 e. The van der Waals surface area contributed by atoms with Crippen LogP contribution in [0.1, 0.15) is 25.8 Å². The van der Waals surface area contributed by atoms with Gasteiger partial charge in [0.15, 0.2) is 18.1 Å². The maximum absolute atomic E-state index is 10.9. The molecule has 1 atom stereocenters. The Morgan fingerprint density at radius 2 is 2.14 bits per heavy atom. The molecular weight excluding hydrogens is 352 g/mol. The summed E-state index contributed by atoms with van der Waals surface area (Å²) in [5, 5.41) is 12.5. The maximum atomic E-state index is 10.9. The van der Waals surface area contributed by atoms with Crippen molar-refractivity contribution in [2.24, 2.45) is 5.73 Å². The Morgan fingerprint density at radius 1 is 1.41 bits per heavy atom. The number of carbonyl (C=O) groups excluding carboxylic acids is 1. The predicted octanol–water partition coefficient (Wildman–Crippen LogP) is 1.57.